The van der Waals surface area contributed by atoms with Gasteiger partial charge in [0.25, 0.3) is 0 Å². The molecule has 6 heterocycles. The van der Waals surface area contributed by atoms with Crippen LogP contribution in [-0.4, -0.2) is 187 Å². The fourth-order valence-corrected chi connectivity index (χ4v) is 10.8. The van der Waals surface area contributed by atoms with Crippen LogP contribution in [0.1, 0.15) is 72.8 Å². The summed E-state index contributed by atoms with van der Waals surface area (Å²) in [4.78, 5) is 146. The highest BCUT2D eigenvalue weighted by Gasteiger charge is 2.57. The molecule has 4 unspecified atom stereocenters. The number of carbonyl (C=O) groups is 10. The summed E-state index contributed by atoms with van der Waals surface area (Å²) in [5, 5.41) is 52.7. The van der Waals surface area contributed by atoms with Gasteiger partial charge in [0.1, 0.15) is 46.6 Å². The largest absolute Gasteiger partial charge is 0.465 e. The number of Topliss-reactive ketones (excluding diaryl/α,β-unsaturated/α-hetero) is 1. The van der Waals surface area contributed by atoms with E-state index in [-0.39, 0.29) is 27.2 Å². The molecule has 0 radical (unpaired) electrons. The van der Waals surface area contributed by atoms with Crippen molar-refractivity contribution in [1.29, 1.82) is 0 Å². The van der Waals surface area contributed by atoms with Crippen molar-refractivity contribution in [3.05, 3.63) is 23.8 Å². The van der Waals surface area contributed by atoms with Gasteiger partial charge in [-0.15, -0.1) is 0 Å². The highest BCUT2D eigenvalue weighted by molar-refractivity contribution is 7.85. The molecule has 27 nitrogen and oxygen atoms in total. The van der Waals surface area contributed by atoms with Crippen molar-refractivity contribution in [2.45, 2.75) is 138 Å². The quantitative estimate of drug-likeness (QED) is 0.107. The Morgan fingerprint density at radius 2 is 1.60 bits per heavy atom. The molecule has 12 atom stereocenters. The lowest BCUT2D eigenvalue weighted by Crippen LogP contribution is -2.69. The van der Waals surface area contributed by atoms with Gasteiger partial charge in [-0.25, -0.2) is 9.69 Å². The van der Waals surface area contributed by atoms with Crippen LogP contribution in [0.3, 0.4) is 0 Å². The number of fused-ring (bicyclic) bond motifs is 7. The summed E-state index contributed by atoms with van der Waals surface area (Å²) in [6.07, 6.45) is -6.34. The first-order chi connectivity index (χ1) is 35.2. The number of aliphatic hydroxyl groups is 3. The van der Waals surface area contributed by atoms with E-state index < -0.39 is 206 Å². The van der Waals surface area contributed by atoms with E-state index in [2.05, 4.69) is 47.5 Å². The van der Waals surface area contributed by atoms with Crippen LogP contribution in [0.15, 0.2) is 23.2 Å². The summed E-state index contributed by atoms with van der Waals surface area (Å²) in [6, 6.07) is -6.14. The van der Waals surface area contributed by atoms with Gasteiger partial charge in [0, 0.05) is 43.3 Å². The topological polar surface area (TPSA) is 408 Å². The average Bonchev–Trinajstić information content (AvgIpc) is 3.92. The van der Waals surface area contributed by atoms with Crippen LogP contribution in [0.25, 0.3) is 10.9 Å². The smallest absolute Gasteiger partial charge is 0.407 e. The molecule has 28 heteroatoms. The summed E-state index contributed by atoms with van der Waals surface area (Å²) in [5.74, 6) is -12.3. The van der Waals surface area contributed by atoms with Crippen molar-refractivity contribution in [2.75, 3.05) is 38.5 Å². The van der Waals surface area contributed by atoms with Gasteiger partial charge >= 0.3 is 6.09 Å². The number of ketones is 1. The van der Waals surface area contributed by atoms with Crippen molar-refractivity contribution in [1.82, 2.24) is 52.4 Å². The van der Waals surface area contributed by atoms with E-state index in [4.69, 9.17) is 15.2 Å². The van der Waals surface area contributed by atoms with Crippen LogP contribution < -0.4 is 53.0 Å². The zero-order valence-electron chi connectivity index (χ0n) is 42.4. The second-order valence-electron chi connectivity index (χ2n) is 20.2. The lowest BCUT2D eigenvalue weighted by molar-refractivity contribution is -0.165. The van der Waals surface area contributed by atoms with Crippen molar-refractivity contribution in [2.24, 2.45) is 17.6 Å². The molecule has 2 aromatic rings. The van der Waals surface area contributed by atoms with Crippen molar-refractivity contribution in [3.63, 3.8) is 0 Å². The number of carbonyl (C=O) groups excluding carboxylic acids is 10. The minimum absolute atomic E-state index is 0.0831. The monoisotopic (exact) mass is 1070 g/mol. The van der Waals surface area contributed by atoms with E-state index in [1.807, 2.05) is 0 Å². The summed E-state index contributed by atoms with van der Waals surface area (Å²) in [6.45, 7) is 5.97. The van der Waals surface area contributed by atoms with Crippen LogP contribution in [0.5, 0.6) is 5.75 Å². The summed E-state index contributed by atoms with van der Waals surface area (Å²) in [5.41, 5.74) is 2.33. The number of aromatic amines is 1. The Hall–Kier alpha value is -6.75. The average molecular weight is 1070 g/mol. The summed E-state index contributed by atoms with van der Waals surface area (Å²) >= 11 is 0. The lowest BCUT2D eigenvalue weighted by atomic mass is 9.91. The first-order valence-corrected chi connectivity index (χ1v) is 25.9. The molecule has 5 aliphatic heterocycles. The lowest BCUT2D eigenvalue weighted by Gasteiger charge is -2.44. The number of H-pyrrole nitrogens is 1. The van der Waals surface area contributed by atoms with Gasteiger partial charge in [0.15, 0.2) is 0 Å². The Bertz CT molecular complexity index is 2610. The zero-order chi connectivity index (χ0) is 55.3. The molecular weight excluding hydrogens is 1010 g/mol. The van der Waals surface area contributed by atoms with Gasteiger partial charge in [0.05, 0.1) is 66.4 Å². The van der Waals surface area contributed by atoms with Gasteiger partial charge in [-0.1, -0.05) is 27.2 Å². The van der Waals surface area contributed by atoms with E-state index in [1.165, 1.54) is 25.1 Å². The van der Waals surface area contributed by atoms with E-state index in [0.717, 1.165) is 4.90 Å². The number of ether oxygens (including phenoxy) is 2. The highest BCUT2D eigenvalue weighted by atomic mass is 32.2. The summed E-state index contributed by atoms with van der Waals surface area (Å²) in [7, 11) is -2.40. The fraction of sp³-hybridized carbons (Fsp3) is 0.617. The minimum Gasteiger partial charge on any atom is -0.465 e. The predicted octanol–water partition coefficient (Wildman–Crippen LogP) is -4.58. The first kappa shape index (κ1) is 57.5. The molecule has 0 saturated carbocycles. The number of aliphatic hydroxyl groups excluding tert-OH is 3. The molecule has 0 spiro atoms. The number of rotatable bonds is 10. The third-order valence-corrected chi connectivity index (χ3v) is 15.0. The number of aromatic nitrogens is 1. The van der Waals surface area contributed by atoms with Crippen LogP contribution in [0.4, 0.5) is 4.79 Å². The number of nitrogens with zero attached hydrogens (tertiary/aromatic N) is 1. The van der Waals surface area contributed by atoms with Gasteiger partial charge in [-0.05, 0) is 50.8 Å². The highest BCUT2D eigenvalue weighted by Crippen LogP contribution is 2.38. The van der Waals surface area contributed by atoms with E-state index in [1.54, 1.807) is 34.6 Å². The van der Waals surface area contributed by atoms with Crippen molar-refractivity contribution >= 4 is 80.8 Å². The minimum atomic E-state index is -2.62. The normalized spacial score (nSPS) is 28.9. The molecule has 9 amide bonds. The number of primary amides is 1. The molecule has 8 bridgehead atoms. The maximum absolute atomic E-state index is 15.9. The van der Waals surface area contributed by atoms with Crippen LogP contribution >= 0.6 is 0 Å². The number of benzene rings is 1. The molecule has 1 fully saturated rings. The van der Waals surface area contributed by atoms with Gasteiger partial charge in [-0.3, -0.25) is 47.4 Å². The molecular formula is C47H67N11O16S. The third kappa shape index (κ3) is 13.6. The molecule has 7 rings (SSSR count). The fourth-order valence-electron chi connectivity index (χ4n) is 9.40. The number of hydrogen-bond donors (Lipinski definition) is 13. The predicted molar refractivity (Wildman–Crippen MR) is 263 cm³/mol. The molecule has 75 heavy (non-hydrogen) atoms. The van der Waals surface area contributed by atoms with E-state index in [9.17, 15) is 62.7 Å². The Kier molecular flexibility index (Phi) is 18.3. The maximum atomic E-state index is 15.9. The van der Waals surface area contributed by atoms with Crippen molar-refractivity contribution < 1.29 is 76.9 Å². The van der Waals surface area contributed by atoms with Crippen LogP contribution in [0, 0.1) is 11.8 Å². The van der Waals surface area contributed by atoms with E-state index in [0.29, 0.717) is 6.42 Å². The summed E-state index contributed by atoms with van der Waals surface area (Å²) < 4.78 is 27.1. The Labute approximate surface area is 433 Å². The Morgan fingerprint density at radius 3 is 2.25 bits per heavy atom. The first-order valence-electron chi connectivity index (χ1n) is 24.6. The number of alkyl carbamates (subject to hydrolysis) is 1. The Balaban J connectivity index is 1.67. The van der Waals surface area contributed by atoms with Crippen LogP contribution in [0.2, 0.25) is 0 Å². The molecule has 5 aliphatic rings. The van der Waals surface area contributed by atoms with Crippen molar-refractivity contribution in [3.8, 4) is 5.75 Å². The number of nitrogens with two attached hydrogens (primary N) is 1. The maximum Gasteiger partial charge on any atom is 0.407 e. The molecule has 412 valence electrons. The second kappa shape index (κ2) is 23.8. The molecule has 0 aliphatic carbocycles. The SMILES string of the molecule is CC[C@H](C)[C@@H]1NC(=O)CNC(=O)C2Cc3c4[nH]c5cc(ccc35)OC(CCNC(=O)OC(C)(C)C)(C(=O)[C@H](CC(N)=O)NC(=O)C(C[S@@]4=O)NC(=O)CNC1=O)N1CC(O)C[C@H]1C(=O)N[C@@H]([C@@H](C)[C@@H](O)CO)C(=O)N2. The standard InChI is InChI=1S/C47H67N11O16S/c1-7-21(2)36-42(69)51-16-34(63)52-30-20-75(72)44-26-14-29(39(66)50-17-35(64)56-36)54-43(70)37(22(3)32(61)19-59)57-41(68)31-12-23(60)18-58(31)47(10-11-49-45(71)74-46(4,5)6,38(65)28(15-33(48)62)53-40(30)67)73-24-8-9-25(26)27(13-24)55-44/h8-9,13,21-23,28-32,36-37,55,59-61H,7,10-12,14-20H2,1-6H3,(H2,48,62)(H,49,71)(H,50,66)(H,51,69)(H,52,63)(H,53,67)(H,54,70)(H,56,64)(H,57,68)/t21-,22-,23?,28-,29?,30?,31-,32-,36-,37-,47?,75-/m0/s1. The van der Waals surface area contributed by atoms with Gasteiger partial charge in [-0.2, -0.15) is 0 Å². The molecule has 1 aromatic heterocycles. The molecule has 1 aromatic carbocycles. The Morgan fingerprint density at radius 1 is 0.920 bits per heavy atom. The van der Waals surface area contributed by atoms with E-state index >= 15 is 4.79 Å². The zero-order valence-corrected chi connectivity index (χ0v) is 43.2. The molecule has 14 N–H and O–H groups in total. The number of amides is 9. The van der Waals surface area contributed by atoms with Gasteiger partial charge in [0.2, 0.25) is 58.8 Å². The van der Waals surface area contributed by atoms with Gasteiger partial charge < -0.3 is 78.0 Å². The third-order valence-electron chi connectivity index (χ3n) is 13.5. The number of nitrogens with one attached hydrogen (secondary N) is 9. The number of hydrogen-bond acceptors (Lipinski definition) is 17. The second-order valence-corrected chi connectivity index (χ2v) is 21.7. The van der Waals surface area contributed by atoms with Crippen LogP contribution in [-0.2, 0) is 65.1 Å². The molecule has 1 saturated heterocycles.